The lowest BCUT2D eigenvalue weighted by atomic mass is 9.84. The van der Waals surface area contributed by atoms with Crippen LogP contribution in [0.2, 0.25) is 0 Å². The van der Waals surface area contributed by atoms with E-state index >= 15 is 0 Å². The SMILES string of the molecule is CCC1OC(OC2C(N)CC(N)C(OC3OC(CO)C(O)C(O)C3O)C2O)C(O)C(/N=C/C=C(\C)CC/C=C(\C)CCC=C(C)C)C1O. The summed E-state index contributed by atoms with van der Waals surface area (Å²) in [5, 5.41) is 73.7. The molecular formula is C34H59N3O11. The van der Waals surface area contributed by atoms with E-state index in [0.29, 0.717) is 6.42 Å². The fraction of sp³-hybridized carbons (Fsp3) is 0.794. The summed E-state index contributed by atoms with van der Waals surface area (Å²) in [4.78, 5) is 4.48. The molecule has 0 spiro atoms. The number of rotatable bonds is 14. The van der Waals surface area contributed by atoms with Crippen LogP contribution in [0, 0.1) is 0 Å². The predicted octanol–water partition coefficient (Wildman–Crippen LogP) is -0.309. The van der Waals surface area contributed by atoms with E-state index in [1.807, 2.05) is 19.9 Å². The van der Waals surface area contributed by atoms with Crippen molar-refractivity contribution in [3.63, 3.8) is 0 Å². The van der Waals surface area contributed by atoms with Gasteiger partial charge in [-0.2, -0.15) is 0 Å². The highest BCUT2D eigenvalue weighted by atomic mass is 16.7. The molecule has 14 nitrogen and oxygen atoms in total. The topological polar surface area (TPSA) is 243 Å². The van der Waals surface area contributed by atoms with Crippen LogP contribution in [-0.4, -0.2) is 140 Å². The van der Waals surface area contributed by atoms with Gasteiger partial charge in [-0.15, -0.1) is 0 Å². The Morgan fingerprint density at radius 2 is 1.29 bits per heavy atom. The highest BCUT2D eigenvalue weighted by molar-refractivity contribution is 5.72. The molecule has 0 aromatic rings. The van der Waals surface area contributed by atoms with Gasteiger partial charge in [0.05, 0.1) is 12.7 Å². The molecule has 14 heteroatoms. The quantitative estimate of drug-likeness (QED) is 0.0843. The molecule has 2 aliphatic heterocycles. The van der Waals surface area contributed by atoms with Gasteiger partial charge in [-0.05, 0) is 72.3 Å². The minimum atomic E-state index is -1.71. The Morgan fingerprint density at radius 3 is 1.88 bits per heavy atom. The van der Waals surface area contributed by atoms with Crippen molar-refractivity contribution in [1.29, 1.82) is 0 Å². The Bertz CT molecular complexity index is 1110. The summed E-state index contributed by atoms with van der Waals surface area (Å²) in [7, 11) is 0. The van der Waals surface area contributed by atoms with E-state index in [1.165, 1.54) is 11.1 Å². The van der Waals surface area contributed by atoms with Crippen molar-refractivity contribution in [3.05, 3.63) is 34.9 Å². The summed E-state index contributed by atoms with van der Waals surface area (Å²) in [5.74, 6) is 0. The normalized spacial score (nSPS) is 41.5. The first-order valence-electron chi connectivity index (χ1n) is 17.0. The molecule has 1 saturated carbocycles. The second-order valence-corrected chi connectivity index (χ2v) is 13.6. The van der Waals surface area contributed by atoms with E-state index in [4.69, 9.17) is 30.4 Å². The molecular weight excluding hydrogens is 626 g/mol. The second kappa shape index (κ2) is 19.1. The molecule has 3 rings (SSSR count). The zero-order valence-electron chi connectivity index (χ0n) is 28.8. The maximum absolute atomic E-state index is 11.3. The molecule has 0 amide bonds. The van der Waals surface area contributed by atoms with Crippen LogP contribution in [0.1, 0.15) is 73.1 Å². The largest absolute Gasteiger partial charge is 0.394 e. The van der Waals surface area contributed by atoms with E-state index in [1.54, 1.807) is 6.21 Å². The average molecular weight is 686 g/mol. The fourth-order valence-electron chi connectivity index (χ4n) is 6.26. The zero-order chi connectivity index (χ0) is 35.7. The van der Waals surface area contributed by atoms with E-state index in [-0.39, 0.29) is 6.42 Å². The van der Waals surface area contributed by atoms with Crippen LogP contribution in [0.3, 0.4) is 0 Å². The molecule has 48 heavy (non-hydrogen) atoms. The summed E-state index contributed by atoms with van der Waals surface area (Å²) < 4.78 is 23.2. The monoisotopic (exact) mass is 685 g/mol. The van der Waals surface area contributed by atoms with Crippen molar-refractivity contribution in [3.8, 4) is 0 Å². The number of aliphatic imine (C=N–C) groups is 1. The first kappa shape index (κ1) is 40.8. The molecule has 3 fully saturated rings. The van der Waals surface area contributed by atoms with Crippen LogP contribution in [0.5, 0.6) is 0 Å². The number of hydrogen-bond donors (Lipinski definition) is 9. The van der Waals surface area contributed by atoms with Crippen LogP contribution in [-0.2, 0) is 18.9 Å². The maximum Gasteiger partial charge on any atom is 0.187 e. The summed E-state index contributed by atoms with van der Waals surface area (Å²) >= 11 is 0. The number of aliphatic hydroxyl groups excluding tert-OH is 7. The van der Waals surface area contributed by atoms with E-state index in [9.17, 15) is 35.7 Å². The van der Waals surface area contributed by atoms with E-state index < -0.39 is 98.4 Å². The third-order valence-corrected chi connectivity index (χ3v) is 9.30. The molecule has 0 bridgehead atoms. The molecule has 1 aliphatic carbocycles. The average Bonchev–Trinajstić information content (AvgIpc) is 3.03. The van der Waals surface area contributed by atoms with Crippen molar-refractivity contribution in [1.82, 2.24) is 0 Å². The van der Waals surface area contributed by atoms with Crippen molar-refractivity contribution in [2.24, 2.45) is 16.5 Å². The Balaban J connectivity index is 1.67. The predicted molar refractivity (Wildman–Crippen MR) is 179 cm³/mol. The highest BCUT2D eigenvalue weighted by Gasteiger charge is 2.52. The van der Waals surface area contributed by atoms with E-state index in [2.05, 4.69) is 37.9 Å². The van der Waals surface area contributed by atoms with Crippen LogP contribution < -0.4 is 11.5 Å². The van der Waals surface area contributed by atoms with E-state index in [0.717, 1.165) is 31.3 Å². The number of nitrogens with two attached hydrogens (primary N) is 2. The molecule has 0 radical (unpaired) electrons. The Morgan fingerprint density at radius 1 is 0.729 bits per heavy atom. The number of ether oxygens (including phenoxy) is 4. The molecule has 0 aromatic heterocycles. The van der Waals surface area contributed by atoms with Gasteiger partial charge in [-0.25, -0.2) is 0 Å². The van der Waals surface area contributed by atoms with Crippen molar-refractivity contribution in [2.45, 2.75) is 165 Å². The summed E-state index contributed by atoms with van der Waals surface area (Å²) in [6.07, 6.45) is -4.07. The van der Waals surface area contributed by atoms with Gasteiger partial charge in [0.25, 0.3) is 0 Å². The third kappa shape index (κ3) is 10.7. The lowest BCUT2D eigenvalue weighted by Gasteiger charge is -2.48. The van der Waals surface area contributed by atoms with Crippen LogP contribution in [0.15, 0.2) is 39.9 Å². The standard InChI is InChI=1S/C34H59N3O11/c1-6-22-25(39)24(37-14-13-19(5)12-8-11-18(4)10-7-9-17(2)3)27(41)33(45-22)47-31-20(35)15-21(36)32(30(31)44)48-34-29(43)28(42)26(40)23(16-38)46-34/h9,11,13-14,20-34,38-44H,6-8,10,12,15-16,35-36H2,1-5H3/b18-11+,19-13+,37-14+. The molecule has 15 atom stereocenters. The number of nitrogens with zero attached hydrogens (tertiary/aromatic N) is 1. The lowest BCUT2D eigenvalue weighted by molar-refractivity contribution is -0.334. The number of allylic oxidation sites excluding steroid dienone is 6. The molecule has 0 aromatic carbocycles. The molecule has 15 unspecified atom stereocenters. The molecule has 276 valence electrons. The van der Waals surface area contributed by atoms with Gasteiger partial charge in [-0.3, -0.25) is 4.99 Å². The second-order valence-electron chi connectivity index (χ2n) is 13.6. The Labute approximate surface area is 283 Å². The van der Waals surface area contributed by atoms with Crippen LogP contribution >= 0.6 is 0 Å². The van der Waals surface area contributed by atoms with Crippen molar-refractivity contribution >= 4 is 6.21 Å². The Hall–Kier alpha value is -1.63. The number of aliphatic hydroxyl groups is 7. The van der Waals surface area contributed by atoms with Crippen molar-refractivity contribution in [2.75, 3.05) is 6.61 Å². The third-order valence-electron chi connectivity index (χ3n) is 9.30. The highest BCUT2D eigenvalue weighted by Crippen LogP contribution is 2.32. The first-order chi connectivity index (χ1) is 22.7. The minimum absolute atomic E-state index is 0.0995. The summed E-state index contributed by atoms with van der Waals surface area (Å²) in [6.45, 7) is 9.48. The Kier molecular flexibility index (Phi) is 16.2. The molecule has 2 saturated heterocycles. The zero-order valence-corrected chi connectivity index (χ0v) is 28.8. The van der Waals surface area contributed by atoms with Crippen molar-refractivity contribution < 1.29 is 54.7 Å². The van der Waals surface area contributed by atoms with Gasteiger partial charge in [0.15, 0.2) is 12.6 Å². The van der Waals surface area contributed by atoms with Gasteiger partial charge in [0.2, 0.25) is 0 Å². The minimum Gasteiger partial charge on any atom is -0.394 e. The number of hydrogen-bond acceptors (Lipinski definition) is 14. The van der Waals surface area contributed by atoms with Gasteiger partial charge >= 0.3 is 0 Å². The van der Waals surface area contributed by atoms with Gasteiger partial charge < -0.3 is 66.2 Å². The van der Waals surface area contributed by atoms with Crippen LogP contribution in [0.4, 0.5) is 0 Å². The van der Waals surface area contributed by atoms with Gasteiger partial charge in [0.1, 0.15) is 61.0 Å². The van der Waals surface area contributed by atoms with Gasteiger partial charge in [0, 0.05) is 18.3 Å². The maximum atomic E-state index is 11.3. The molecule has 11 N–H and O–H groups in total. The lowest BCUT2D eigenvalue weighted by Crippen LogP contribution is -2.67. The van der Waals surface area contributed by atoms with Crippen LogP contribution in [0.25, 0.3) is 0 Å². The summed E-state index contributed by atoms with van der Waals surface area (Å²) in [6, 6.07) is -2.65. The first-order valence-corrected chi connectivity index (χ1v) is 17.0. The fourth-order valence-corrected chi connectivity index (χ4v) is 6.26. The molecule has 3 aliphatic rings. The summed E-state index contributed by atoms with van der Waals surface area (Å²) in [5.41, 5.74) is 16.3. The molecule has 2 heterocycles. The van der Waals surface area contributed by atoms with Gasteiger partial charge in [-0.1, -0.05) is 35.8 Å². The smallest absolute Gasteiger partial charge is 0.187 e.